The minimum absolute atomic E-state index is 0.154. The predicted molar refractivity (Wildman–Crippen MR) is 28.8 cm³/mol. The van der Waals surface area contributed by atoms with Crippen molar-refractivity contribution in [3.05, 3.63) is 0 Å². The standard InChI is InChI=1S/C4H7O3P/c1-3(5)7-4(2)8-6/h4H,1-2H3. The average molecular weight is 134 g/mol. The van der Waals surface area contributed by atoms with E-state index < -0.39 is 11.8 Å². The van der Waals surface area contributed by atoms with Crippen LogP contribution in [0.15, 0.2) is 0 Å². The van der Waals surface area contributed by atoms with Gasteiger partial charge in [0.05, 0.1) is 0 Å². The van der Waals surface area contributed by atoms with E-state index in [1.807, 2.05) is 0 Å². The summed E-state index contributed by atoms with van der Waals surface area (Å²) in [6.45, 7) is 2.83. The van der Waals surface area contributed by atoms with E-state index in [4.69, 9.17) is 0 Å². The van der Waals surface area contributed by atoms with Crippen molar-refractivity contribution in [2.45, 2.75) is 19.7 Å². The third-order valence-electron chi connectivity index (χ3n) is 0.485. The van der Waals surface area contributed by atoms with E-state index in [0.717, 1.165) is 0 Å². The maximum absolute atomic E-state index is 10.0. The molecule has 0 radical (unpaired) electrons. The molecule has 0 aromatic heterocycles. The summed E-state index contributed by atoms with van der Waals surface area (Å²) in [5.41, 5.74) is 0. The Balaban J connectivity index is 3.38. The highest BCUT2D eigenvalue weighted by atomic mass is 31.1. The lowest BCUT2D eigenvalue weighted by Gasteiger charge is -1.99. The second-order valence-electron chi connectivity index (χ2n) is 1.31. The van der Waals surface area contributed by atoms with Crippen LogP contribution >= 0.6 is 8.46 Å². The van der Waals surface area contributed by atoms with Gasteiger partial charge < -0.3 is 4.74 Å². The molecule has 0 fully saturated rings. The molecule has 1 atom stereocenters. The largest absolute Gasteiger partial charge is 0.450 e. The van der Waals surface area contributed by atoms with Crippen LogP contribution in [0.1, 0.15) is 13.8 Å². The van der Waals surface area contributed by atoms with E-state index in [1.54, 1.807) is 6.92 Å². The van der Waals surface area contributed by atoms with Crippen LogP contribution in [0.5, 0.6) is 0 Å². The first-order valence-electron chi connectivity index (χ1n) is 2.16. The molecule has 0 N–H and O–H groups in total. The lowest BCUT2D eigenvalue weighted by atomic mass is 10.8. The minimum atomic E-state index is -0.507. The molecule has 0 spiro atoms. The van der Waals surface area contributed by atoms with Crippen LogP contribution in [0.3, 0.4) is 0 Å². The minimum Gasteiger partial charge on any atom is -0.450 e. The Kier molecular flexibility index (Phi) is 3.37. The Morgan fingerprint density at radius 3 is 2.38 bits per heavy atom. The SMILES string of the molecule is CC(=O)OC(C)P=O. The first kappa shape index (κ1) is 7.57. The summed E-state index contributed by atoms with van der Waals surface area (Å²) in [6, 6.07) is 0. The van der Waals surface area contributed by atoms with Crippen LogP contribution in [0.4, 0.5) is 0 Å². The topological polar surface area (TPSA) is 43.4 Å². The summed E-state index contributed by atoms with van der Waals surface area (Å²) >= 11 is 0. The van der Waals surface area contributed by atoms with E-state index >= 15 is 0 Å². The Labute approximate surface area is 49.2 Å². The van der Waals surface area contributed by atoms with Crippen LogP contribution in [-0.4, -0.2) is 11.8 Å². The number of rotatable bonds is 2. The van der Waals surface area contributed by atoms with Crippen LogP contribution in [0.2, 0.25) is 0 Å². The van der Waals surface area contributed by atoms with Gasteiger partial charge in [-0.15, -0.1) is 0 Å². The van der Waals surface area contributed by atoms with Gasteiger partial charge in [-0.2, -0.15) is 0 Å². The number of carbonyl (C=O) groups is 1. The van der Waals surface area contributed by atoms with Crippen molar-refractivity contribution >= 4 is 14.4 Å². The number of carbonyl (C=O) groups excluding carboxylic acids is 1. The average Bonchev–Trinajstić information content (AvgIpc) is 1.65. The van der Waals surface area contributed by atoms with Gasteiger partial charge in [0.15, 0.2) is 14.3 Å². The number of hydrogen-bond donors (Lipinski definition) is 0. The van der Waals surface area contributed by atoms with Gasteiger partial charge in [-0.3, -0.25) is 9.36 Å². The van der Waals surface area contributed by atoms with Crippen molar-refractivity contribution in [3.63, 3.8) is 0 Å². The zero-order valence-corrected chi connectivity index (χ0v) is 5.64. The molecule has 0 aliphatic carbocycles. The molecule has 0 heterocycles. The third kappa shape index (κ3) is 3.75. The Morgan fingerprint density at radius 2 is 2.25 bits per heavy atom. The Morgan fingerprint density at radius 1 is 1.75 bits per heavy atom. The fourth-order valence-electron chi connectivity index (χ4n) is 0.262. The van der Waals surface area contributed by atoms with Crippen molar-refractivity contribution in [3.8, 4) is 0 Å². The zero-order valence-electron chi connectivity index (χ0n) is 4.75. The van der Waals surface area contributed by atoms with Gasteiger partial charge >= 0.3 is 5.97 Å². The van der Waals surface area contributed by atoms with E-state index in [1.165, 1.54) is 6.92 Å². The molecule has 0 aliphatic rings. The molecule has 4 heteroatoms. The van der Waals surface area contributed by atoms with Gasteiger partial charge in [0.25, 0.3) is 0 Å². The summed E-state index contributed by atoms with van der Waals surface area (Å²) < 4.78 is 14.3. The van der Waals surface area contributed by atoms with Gasteiger partial charge in [0, 0.05) is 6.92 Å². The van der Waals surface area contributed by atoms with Crippen LogP contribution < -0.4 is 0 Å². The number of esters is 1. The summed E-state index contributed by atoms with van der Waals surface area (Å²) in [4.78, 5) is 10.0. The normalized spacial score (nSPS) is 13.2. The fourth-order valence-corrected chi connectivity index (χ4v) is 0.453. The first-order chi connectivity index (χ1) is 3.66. The molecule has 0 aromatic carbocycles. The highest BCUT2D eigenvalue weighted by Gasteiger charge is 2.01. The molecule has 0 amide bonds. The van der Waals surface area contributed by atoms with Gasteiger partial charge in [-0.25, -0.2) is 0 Å². The highest BCUT2D eigenvalue weighted by molar-refractivity contribution is 7.24. The monoisotopic (exact) mass is 134 g/mol. The fraction of sp³-hybridized carbons (Fsp3) is 0.750. The molecule has 1 unspecified atom stereocenters. The van der Waals surface area contributed by atoms with Crippen molar-refractivity contribution in [2.24, 2.45) is 0 Å². The molecule has 0 saturated carbocycles. The third-order valence-corrected chi connectivity index (χ3v) is 0.887. The highest BCUT2D eigenvalue weighted by Crippen LogP contribution is 2.05. The number of ether oxygens (including phenoxy) is 1. The zero-order chi connectivity index (χ0) is 6.57. The molecule has 8 heavy (non-hydrogen) atoms. The van der Waals surface area contributed by atoms with Crippen LogP contribution in [0.25, 0.3) is 0 Å². The van der Waals surface area contributed by atoms with E-state index in [0.29, 0.717) is 0 Å². The van der Waals surface area contributed by atoms with E-state index in [2.05, 4.69) is 4.74 Å². The summed E-state index contributed by atoms with van der Waals surface area (Å²) in [6.07, 6.45) is 0. The lowest BCUT2D eigenvalue weighted by Crippen LogP contribution is -2.04. The summed E-state index contributed by atoms with van der Waals surface area (Å²) in [5, 5.41) is 0. The lowest BCUT2D eigenvalue weighted by molar-refractivity contribution is -0.141. The molecular formula is C4H7O3P. The van der Waals surface area contributed by atoms with Crippen molar-refractivity contribution < 1.29 is 14.1 Å². The van der Waals surface area contributed by atoms with E-state index in [-0.39, 0.29) is 8.46 Å². The van der Waals surface area contributed by atoms with Gasteiger partial charge in [0.1, 0.15) is 0 Å². The molecule has 3 nitrogen and oxygen atoms in total. The Hall–Kier alpha value is -0.430. The maximum atomic E-state index is 10.0. The van der Waals surface area contributed by atoms with Crippen molar-refractivity contribution in [2.75, 3.05) is 0 Å². The number of hydrogen-bond acceptors (Lipinski definition) is 3. The Bertz CT molecular complexity index is 101. The maximum Gasteiger partial charge on any atom is 0.303 e. The molecule has 0 rings (SSSR count). The summed E-state index contributed by atoms with van der Waals surface area (Å²) in [7, 11) is -0.154. The van der Waals surface area contributed by atoms with Crippen LogP contribution in [-0.2, 0) is 14.1 Å². The molecule has 0 saturated heterocycles. The first-order valence-corrected chi connectivity index (χ1v) is 3.04. The predicted octanol–water partition coefficient (Wildman–Crippen LogP) is 1.19. The molecule has 0 aliphatic heterocycles. The van der Waals surface area contributed by atoms with Crippen molar-refractivity contribution in [1.29, 1.82) is 0 Å². The molecular weight excluding hydrogens is 127 g/mol. The van der Waals surface area contributed by atoms with Crippen molar-refractivity contribution in [1.82, 2.24) is 0 Å². The molecule has 46 valence electrons. The van der Waals surface area contributed by atoms with Gasteiger partial charge in [-0.05, 0) is 6.92 Å². The van der Waals surface area contributed by atoms with Gasteiger partial charge in [-0.1, -0.05) is 0 Å². The smallest absolute Gasteiger partial charge is 0.303 e. The quantitative estimate of drug-likeness (QED) is 0.420. The molecule has 0 bridgehead atoms. The molecule has 0 aromatic rings. The van der Waals surface area contributed by atoms with Gasteiger partial charge in [0.2, 0.25) is 0 Å². The second-order valence-corrected chi connectivity index (χ2v) is 2.25. The van der Waals surface area contributed by atoms with E-state index in [9.17, 15) is 9.36 Å². The summed E-state index contributed by atoms with van der Waals surface area (Å²) in [5.74, 6) is -0.909. The second kappa shape index (κ2) is 3.56. The van der Waals surface area contributed by atoms with Crippen LogP contribution in [0, 0.1) is 0 Å².